The molecule has 3 saturated heterocycles. The lowest BCUT2D eigenvalue weighted by atomic mass is 9.76. The number of nitrogens with one attached hydrogen (secondary N) is 3. The van der Waals surface area contributed by atoms with E-state index in [1.165, 1.54) is 57.6 Å². The third kappa shape index (κ3) is 18.9. The van der Waals surface area contributed by atoms with Crippen LogP contribution in [0, 0.1) is 41.4 Å². The molecule has 0 radical (unpaired) electrons. The normalized spacial score (nSPS) is 32.9. The van der Waals surface area contributed by atoms with Gasteiger partial charge in [0.1, 0.15) is 60.1 Å². The summed E-state index contributed by atoms with van der Waals surface area (Å²) >= 11 is 0. The fourth-order valence-corrected chi connectivity index (χ4v) is 16.6. The number of hydrogen-bond acceptors (Lipinski definition) is 12. The van der Waals surface area contributed by atoms with Crippen molar-refractivity contribution < 1.29 is 79.4 Å². The molecule has 0 aromatic rings. The van der Waals surface area contributed by atoms with Crippen LogP contribution in [-0.4, -0.2) is 239 Å². The maximum absolute atomic E-state index is 15.5. The highest BCUT2D eigenvalue weighted by atomic mass is 19.4. The van der Waals surface area contributed by atoms with E-state index in [0.717, 1.165) is 49.8 Å². The number of likely N-dealkylation sites (N-methyl/N-ethyl adjacent to an activating group) is 5. The van der Waals surface area contributed by atoms with Gasteiger partial charge in [0, 0.05) is 86.2 Å². The molecule has 0 aromatic heterocycles. The largest absolute Gasteiger partial charge is 0.397 e. The highest BCUT2D eigenvalue weighted by Crippen LogP contribution is 2.45. The molecular formula is C71H113F5N10O12. The zero-order valence-electron chi connectivity index (χ0n) is 60.1. The Morgan fingerprint density at radius 2 is 1.24 bits per heavy atom. The standard InChI is InChI=1S/C71H113F5N10O12/c1-13-42(5)60-56(87)33-43(6)64(92)85-31-28-52(85)67(95)83(11)55(37-45-22-16-15-17-23-45)66(94)80(8)40-57(88)77-51(27-26-46-35-49(72)59(50(73)36-46)71(74,75)76)65(93)86-39-48(98-14-2)38-54(86)63(91)79-70(29-20-21-30-70)69(97)84(12)61(47-24-18-19-25-47)68(96)81(9)44(7)34-58(89)82(10)53(32-41(3)4)62(90)78-60/h41-55,59-61H,13-40H2,1-12H3,(H,77,88)(H,78,90)(H,79,91)/t42-,43+,44+,46?,48+,49?,50?,51-,52-,53-,54-,55-,59?,60-,61-/m0/s1. The van der Waals surface area contributed by atoms with Crippen LogP contribution in [0.4, 0.5) is 22.0 Å². The minimum absolute atomic E-state index is 0.00477. The van der Waals surface area contributed by atoms with Gasteiger partial charge in [-0.25, -0.2) is 8.78 Å². The quantitative estimate of drug-likeness (QED) is 0.166. The first-order chi connectivity index (χ1) is 46.1. The molecule has 7 rings (SSSR count). The average molecular weight is 1390 g/mol. The van der Waals surface area contributed by atoms with Crippen molar-refractivity contribution in [1.82, 2.24) is 50.2 Å². The molecule has 4 saturated carbocycles. The van der Waals surface area contributed by atoms with Crippen molar-refractivity contribution in [3.05, 3.63) is 0 Å². The minimum Gasteiger partial charge on any atom is -0.377 e. The number of hydrogen-bond donors (Lipinski definition) is 3. The van der Waals surface area contributed by atoms with Crippen LogP contribution in [0.5, 0.6) is 0 Å². The van der Waals surface area contributed by atoms with Crippen LogP contribution in [0.1, 0.15) is 203 Å². The average Bonchev–Trinajstić information content (AvgIpc) is 1.47. The Morgan fingerprint density at radius 3 is 1.82 bits per heavy atom. The lowest BCUT2D eigenvalue weighted by Crippen LogP contribution is -2.64. The van der Waals surface area contributed by atoms with Gasteiger partial charge in [-0.2, -0.15) is 13.2 Å². The second-order valence-corrected chi connectivity index (χ2v) is 30.5. The molecule has 3 N–H and O–H groups in total. The van der Waals surface area contributed by atoms with Crippen molar-refractivity contribution in [2.75, 3.05) is 61.5 Å². The Labute approximate surface area is 576 Å². The number of amides is 10. The second-order valence-electron chi connectivity index (χ2n) is 30.5. The number of alkyl halides is 5. The lowest BCUT2D eigenvalue weighted by Gasteiger charge is -2.44. The predicted molar refractivity (Wildman–Crippen MR) is 355 cm³/mol. The molecule has 22 nitrogen and oxygen atoms in total. The van der Waals surface area contributed by atoms with Crippen LogP contribution in [0.2, 0.25) is 0 Å². The number of nitrogens with zero attached hydrogens (tertiary/aromatic N) is 7. The van der Waals surface area contributed by atoms with Crippen molar-refractivity contribution >= 4 is 64.9 Å². The van der Waals surface area contributed by atoms with Crippen molar-refractivity contribution in [3.63, 3.8) is 0 Å². The summed E-state index contributed by atoms with van der Waals surface area (Å²) in [5.74, 6) is -12.2. The Bertz CT molecular complexity index is 2820. The van der Waals surface area contributed by atoms with E-state index in [1.807, 2.05) is 27.7 Å². The van der Waals surface area contributed by atoms with E-state index in [4.69, 9.17) is 4.74 Å². The molecular weight excluding hydrogens is 1280 g/mol. The molecule has 0 bridgehead atoms. The Hall–Kier alpha value is -6.02. The number of ketones is 1. The third-order valence-corrected chi connectivity index (χ3v) is 22.9. The van der Waals surface area contributed by atoms with Gasteiger partial charge < -0.3 is 55.0 Å². The van der Waals surface area contributed by atoms with Gasteiger partial charge in [-0.1, -0.05) is 98.8 Å². The van der Waals surface area contributed by atoms with E-state index in [0.29, 0.717) is 32.1 Å². The van der Waals surface area contributed by atoms with Crippen molar-refractivity contribution in [1.29, 1.82) is 0 Å². The smallest absolute Gasteiger partial charge is 0.377 e. The molecule has 10 amide bonds. The molecule has 554 valence electrons. The minimum atomic E-state index is -5.15. The summed E-state index contributed by atoms with van der Waals surface area (Å²) in [5, 5.41) is 8.72. The van der Waals surface area contributed by atoms with Gasteiger partial charge >= 0.3 is 6.18 Å². The molecule has 2 unspecified atom stereocenters. The van der Waals surface area contributed by atoms with Crippen molar-refractivity contribution in [3.8, 4) is 0 Å². The summed E-state index contributed by atoms with van der Waals surface area (Å²) in [5.41, 5.74) is -1.57. The van der Waals surface area contributed by atoms with Crippen LogP contribution in [0.25, 0.3) is 0 Å². The first kappa shape index (κ1) is 79.3. The van der Waals surface area contributed by atoms with E-state index >= 15 is 28.0 Å². The van der Waals surface area contributed by atoms with Gasteiger partial charge in [-0.15, -0.1) is 0 Å². The van der Waals surface area contributed by atoms with E-state index < -0.39 is 186 Å². The summed E-state index contributed by atoms with van der Waals surface area (Å²) < 4.78 is 78.5. The van der Waals surface area contributed by atoms with Gasteiger partial charge in [-0.3, -0.25) is 52.7 Å². The zero-order valence-corrected chi connectivity index (χ0v) is 60.1. The number of carbonyl (C=O) groups is 11. The molecule has 7 fully saturated rings. The van der Waals surface area contributed by atoms with E-state index in [1.54, 1.807) is 27.8 Å². The fourth-order valence-electron chi connectivity index (χ4n) is 16.6. The highest BCUT2D eigenvalue weighted by molar-refractivity contribution is 6.00. The van der Waals surface area contributed by atoms with Gasteiger partial charge in [0.05, 0.1) is 18.7 Å². The molecule has 3 aliphatic heterocycles. The van der Waals surface area contributed by atoms with Crippen molar-refractivity contribution in [2.45, 2.75) is 281 Å². The first-order valence-corrected chi connectivity index (χ1v) is 36.5. The summed E-state index contributed by atoms with van der Waals surface area (Å²) in [6.07, 6.45) is -4.03. The molecule has 4 aliphatic carbocycles. The summed E-state index contributed by atoms with van der Waals surface area (Å²) in [7, 11) is 7.42. The zero-order chi connectivity index (χ0) is 72.4. The topological polar surface area (TPSA) is 256 Å². The van der Waals surface area contributed by atoms with E-state index in [9.17, 15) is 46.7 Å². The first-order valence-electron chi connectivity index (χ1n) is 36.5. The van der Waals surface area contributed by atoms with Crippen LogP contribution in [-0.2, 0) is 57.5 Å². The molecule has 3 heterocycles. The number of carbonyl (C=O) groups excluding carboxylic acids is 11. The SMILES string of the molecule is CCO[C@@H]1C[C@H]2C(=O)NC3(CCCC3)C(=O)N(C)[C@@H](C3CCCC3)C(=O)N(C)[C@H](C)CC(=O)N(C)[C@@H](CC(C)C)C(=O)N[C@@H]([C@@H](C)CC)C(=O)C[C@@H](C)C(=O)N3CC[C@H]3C(=O)N(C)[C@@H](CC3CCCCC3)C(=O)N(C)CC(=O)N[C@@H](CCC3CC(F)C(C(F)(F)F)C(F)C3)C(=O)N2C1. The third-order valence-electron chi connectivity index (χ3n) is 22.9. The highest BCUT2D eigenvalue weighted by Gasteiger charge is 2.55. The number of rotatable bonds is 12. The van der Waals surface area contributed by atoms with E-state index in [2.05, 4.69) is 16.0 Å². The summed E-state index contributed by atoms with van der Waals surface area (Å²) in [6, 6.07) is -8.98. The lowest BCUT2D eigenvalue weighted by molar-refractivity contribution is -0.219. The molecule has 13 atom stereocenters. The number of fused-ring (bicyclic) bond motifs is 2. The Kier molecular flexibility index (Phi) is 28.0. The van der Waals surface area contributed by atoms with Crippen LogP contribution < -0.4 is 16.0 Å². The monoisotopic (exact) mass is 1390 g/mol. The Balaban J connectivity index is 1.26. The number of Topliss-reactive ketones (excluding diaryl/α,β-unsaturated/α-hetero) is 1. The maximum atomic E-state index is 15.5. The predicted octanol–water partition coefficient (Wildman–Crippen LogP) is 7.07. The Morgan fingerprint density at radius 1 is 0.622 bits per heavy atom. The van der Waals surface area contributed by atoms with Crippen molar-refractivity contribution in [2.24, 2.45) is 41.4 Å². The molecule has 7 aliphatic rings. The molecule has 98 heavy (non-hydrogen) atoms. The van der Waals surface area contributed by atoms with E-state index in [-0.39, 0.29) is 102 Å². The maximum Gasteiger partial charge on any atom is 0.397 e. The molecule has 0 aromatic carbocycles. The summed E-state index contributed by atoms with van der Waals surface area (Å²) in [4.78, 5) is 173. The molecule has 27 heteroatoms. The van der Waals surface area contributed by atoms with Gasteiger partial charge in [0.25, 0.3) is 0 Å². The van der Waals surface area contributed by atoms with Crippen LogP contribution in [0.3, 0.4) is 0 Å². The molecule has 1 spiro atoms. The number of ether oxygens (including phenoxy) is 1. The summed E-state index contributed by atoms with van der Waals surface area (Å²) in [6.45, 7) is 11.9. The van der Waals surface area contributed by atoms with Gasteiger partial charge in [-0.05, 0) is 114 Å². The van der Waals surface area contributed by atoms with Crippen LogP contribution in [0.15, 0.2) is 0 Å². The number of halogens is 5. The van der Waals surface area contributed by atoms with Gasteiger partial charge in [0.2, 0.25) is 59.1 Å². The van der Waals surface area contributed by atoms with Crippen LogP contribution >= 0.6 is 0 Å². The fraction of sp³-hybridized carbons (Fsp3) is 0.845. The second kappa shape index (κ2) is 34.6. The van der Waals surface area contributed by atoms with Gasteiger partial charge in [0.15, 0.2) is 5.78 Å².